The number of morpholine rings is 1. The van der Waals surface area contributed by atoms with Crippen LogP contribution >= 0.6 is 0 Å². The number of carbonyl (C=O) groups is 1. The third-order valence-corrected chi connectivity index (χ3v) is 2.24. The summed E-state index contributed by atoms with van der Waals surface area (Å²) in [5.41, 5.74) is 0. The van der Waals surface area contributed by atoms with Gasteiger partial charge < -0.3 is 9.64 Å². The Bertz CT molecular complexity index is 172. The van der Waals surface area contributed by atoms with Crippen molar-refractivity contribution in [1.82, 2.24) is 4.90 Å². The molecule has 3 nitrogen and oxygen atoms in total. The Morgan fingerprint density at radius 2 is 1.92 bits per heavy atom. The molecule has 0 aromatic heterocycles. The number of nitrogens with zero attached hydrogens (tertiary/aromatic N) is 1. The van der Waals surface area contributed by atoms with E-state index in [2.05, 4.69) is 0 Å². The summed E-state index contributed by atoms with van der Waals surface area (Å²) in [4.78, 5) is 13.5. The van der Waals surface area contributed by atoms with Crippen molar-refractivity contribution in [2.45, 2.75) is 45.8 Å². The quantitative estimate of drug-likeness (QED) is 0.651. The molecule has 0 unspecified atom stereocenters. The van der Waals surface area contributed by atoms with E-state index in [0.717, 1.165) is 19.5 Å². The molecule has 0 aromatic carbocycles. The normalized spacial score (nSPS) is 29.0. The predicted octanol–water partition coefficient (Wildman–Crippen LogP) is 1.42. The molecule has 0 spiro atoms. The van der Waals surface area contributed by atoms with Gasteiger partial charge in [-0.05, 0) is 20.3 Å². The van der Waals surface area contributed by atoms with Crippen LogP contribution in [-0.2, 0) is 9.53 Å². The van der Waals surface area contributed by atoms with Crippen LogP contribution in [0.4, 0.5) is 0 Å². The molecule has 1 saturated heterocycles. The Balaban J connectivity index is 2.45. The van der Waals surface area contributed by atoms with Gasteiger partial charge in [0.2, 0.25) is 5.91 Å². The minimum absolute atomic E-state index is 0.185. The van der Waals surface area contributed by atoms with Gasteiger partial charge in [0.25, 0.3) is 0 Å². The van der Waals surface area contributed by atoms with E-state index in [1.807, 2.05) is 25.7 Å². The summed E-state index contributed by atoms with van der Waals surface area (Å²) in [6.45, 7) is 7.57. The van der Waals surface area contributed by atoms with E-state index < -0.39 is 0 Å². The van der Waals surface area contributed by atoms with Crippen molar-refractivity contribution < 1.29 is 9.53 Å². The van der Waals surface area contributed by atoms with Crippen molar-refractivity contribution in [3.63, 3.8) is 0 Å². The third kappa shape index (κ3) is 2.99. The zero-order valence-corrected chi connectivity index (χ0v) is 8.75. The molecule has 0 aromatic rings. The summed E-state index contributed by atoms with van der Waals surface area (Å²) in [6.07, 6.45) is 1.97. The van der Waals surface area contributed by atoms with E-state index in [1.165, 1.54) is 0 Å². The molecule has 1 heterocycles. The first-order chi connectivity index (χ1) is 6.13. The number of rotatable bonds is 2. The fourth-order valence-corrected chi connectivity index (χ4v) is 1.75. The molecule has 1 fully saturated rings. The lowest BCUT2D eigenvalue weighted by atomic mass is 10.2. The van der Waals surface area contributed by atoms with E-state index in [9.17, 15) is 4.79 Å². The van der Waals surface area contributed by atoms with Crippen LogP contribution in [-0.4, -0.2) is 36.1 Å². The van der Waals surface area contributed by atoms with Crippen LogP contribution in [0, 0.1) is 0 Å². The van der Waals surface area contributed by atoms with Gasteiger partial charge in [0.15, 0.2) is 0 Å². The smallest absolute Gasteiger partial charge is 0.222 e. The molecule has 0 aliphatic carbocycles. The van der Waals surface area contributed by atoms with Crippen molar-refractivity contribution in [1.29, 1.82) is 0 Å². The molecule has 2 atom stereocenters. The van der Waals surface area contributed by atoms with E-state index in [1.54, 1.807) is 0 Å². The molecule has 1 aliphatic rings. The number of amides is 1. The monoisotopic (exact) mass is 185 g/mol. The van der Waals surface area contributed by atoms with E-state index in [4.69, 9.17) is 4.74 Å². The summed E-state index contributed by atoms with van der Waals surface area (Å²) >= 11 is 0. The van der Waals surface area contributed by atoms with Crippen LogP contribution in [0.25, 0.3) is 0 Å². The molecule has 0 N–H and O–H groups in total. The maximum absolute atomic E-state index is 11.6. The molecule has 3 heteroatoms. The molecule has 1 rings (SSSR count). The second-order valence-corrected chi connectivity index (χ2v) is 3.81. The summed E-state index contributed by atoms with van der Waals surface area (Å²) in [5.74, 6) is 0.268. The first-order valence-corrected chi connectivity index (χ1v) is 5.06. The van der Waals surface area contributed by atoms with Crippen LogP contribution in [0.5, 0.6) is 0 Å². The first-order valence-electron chi connectivity index (χ1n) is 5.06. The van der Waals surface area contributed by atoms with Gasteiger partial charge in [0.05, 0.1) is 12.2 Å². The average Bonchev–Trinajstić information content (AvgIpc) is 2.03. The zero-order valence-electron chi connectivity index (χ0n) is 8.75. The minimum atomic E-state index is 0.185. The Morgan fingerprint density at radius 3 is 2.38 bits per heavy atom. The van der Waals surface area contributed by atoms with E-state index >= 15 is 0 Å². The summed E-state index contributed by atoms with van der Waals surface area (Å²) in [5, 5.41) is 0. The van der Waals surface area contributed by atoms with Gasteiger partial charge >= 0.3 is 0 Å². The molecular formula is C10H19NO2. The fraction of sp³-hybridized carbons (Fsp3) is 0.900. The molecule has 0 saturated carbocycles. The molecule has 76 valence electrons. The highest BCUT2D eigenvalue weighted by Crippen LogP contribution is 2.11. The number of ether oxygens (including phenoxy) is 1. The lowest BCUT2D eigenvalue weighted by Gasteiger charge is -2.35. The van der Waals surface area contributed by atoms with Gasteiger partial charge in [-0.1, -0.05) is 6.92 Å². The second-order valence-electron chi connectivity index (χ2n) is 3.81. The number of carbonyl (C=O) groups excluding carboxylic acids is 1. The van der Waals surface area contributed by atoms with Crippen molar-refractivity contribution in [3.05, 3.63) is 0 Å². The standard InChI is InChI=1S/C10H19NO2/c1-4-5-10(12)11-6-8(2)13-9(3)7-11/h8-9H,4-7H2,1-3H3/t8-,9-/m0/s1. The molecule has 13 heavy (non-hydrogen) atoms. The maximum Gasteiger partial charge on any atom is 0.222 e. The van der Waals surface area contributed by atoms with Crippen LogP contribution < -0.4 is 0 Å². The Hall–Kier alpha value is -0.570. The highest BCUT2D eigenvalue weighted by molar-refractivity contribution is 5.76. The Labute approximate surface area is 80.1 Å². The second kappa shape index (κ2) is 4.61. The number of hydrogen-bond donors (Lipinski definition) is 0. The van der Waals surface area contributed by atoms with Crippen molar-refractivity contribution in [3.8, 4) is 0 Å². The van der Waals surface area contributed by atoms with Crippen LogP contribution in [0.3, 0.4) is 0 Å². The van der Waals surface area contributed by atoms with Gasteiger partial charge in [-0.15, -0.1) is 0 Å². The third-order valence-electron chi connectivity index (χ3n) is 2.24. The molecule has 1 aliphatic heterocycles. The van der Waals surface area contributed by atoms with Crippen LogP contribution in [0.15, 0.2) is 0 Å². The van der Waals surface area contributed by atoms with Crippen LogP contribution in [0.1, 0.15) is 33.6 Å². The zero-order chi connectivity index (χ0) is 9.84. The van der Waals surface area contributed by atoms with Gasteiger partial charge in [-0.2, -0.15) is 0 Å². The Morgan fingerprint density at radius 1 is 1.38 bits per heavy atom. The van der Waals surface area contributed by atoms with Gasteiger partial charge in [-0.3, -0.25) is 4.79 Å². The van der Waals surface area contributed by atoms with Crippen molar-refractivity contribution >= 4 is 5.91 Å². The topological polar surface area (TPSA) is 29.5 Å². The fourth-order valence-electron chi connectivity index (χ4n) is 1.75. The predicted molar refractivity (Wildman–Crippen MR) is 51.5 cm³/mol. The minimum Gasteiger partial charge on any atom is -0.372 e. The SMILES string of the molecule is CCCC(=O)N1C[C@H](C)O[C@@H](C)C1. The summed E-state index contributed by atoms with van der Waals surface area (Å²) in [6, 6.07) is 0. The average molecular weight is 185 g/mol. The molecule has 1 amide bonds. The maximum atomic E-state index is 11.6. The summed E-state index contributed by atoms with van der Waals surface area (Å²) in [7, 11) is 0. The van der Waals surface area contributed by atoms with E-state index in [-0.39, 0.29) is 18.1 Å². The van der Waals surface area contributed by atoms with Crippen LogP contribution in [0.2, 0.25) is 0 Å². The highest BCUT2D eigenvalue weighted by atomic mass is 16.5. The highest BCUT2D eigenvalue weighted by Gasteiger charge is 2.24. The van der Waals surface area contributed by atoms with Crippen molar-refractivity contribution in [2.75, 3.05) is 13.1 Å². The van der Waals surface area contributed by atoms with Crippen molar-refractivity contribution in [2.24, 2.45) is 0 Å². The molecule has 0 bridgehead atoms. The lowest BCUT2D eigenvalue weighted by molar-refractivity contribution is -0.143. The largest absolute Gasteiger partial charge is 0.372 e. The molecule has 0 radical (unpaired) electrons. The summed E-state index contributed by atoms with van der Waals surface area (Å²) < 4.78 is 5.55. The lowest BCUT2D eigenvalue weighted by Crippen LogP contribution is -2.48. The molecular weight excluding hydrogens is 166 g/mol. The van der Waals surface area contributed by atoms with Gasteiger partial charge in [0, 0.05) is 19.5 Å². The first kappa shape index (κ1) is 10.5. The Kier molecular flexibility index (Phi) is 3.72. The van der Waals surface area contributed by atoms with Gasteiger partial charge in [-0.25, -0.2) is 0 Å². The number of hydrogen-bond acceptors (Lipinski definition) is 2. The van der Waals surface area contributed by atoms with Gasteiger partial charge in [0.1, 0.15) is 0 Å². The van der Waals surface area contributed by atoms with E-state index in [0.29, 0.717) is 6.42 Å².